The molecule has 0 spiro atoms. The minimum atomic E-state index is -5.01. The lowest BCUT2D eigenvalue weighted by Gasteiger charge is -2.39. The van der Waals surface area contributed by atoms with Crippen LogP contribution >= 0.6 is 0 Å². The normalized spacial score (nSPS) is 17.7. The molecule has 0 amide bonds. The van der Waals surface area contributed by atoms with Crippen molar-refractivity contribution in [3.05, 3.63) is 70.8 Å². The third-order valence-electron chi connectivity index (χ3n) is 7.61. The predicted molar refractivity (Wildman–Crippen MR) is 127 cm³/mol. The molecule has 1 fully saturated rings. The molecule has 0 heterocycles. The lowest BCUT2D eigenvalue weighted by atomic mass is 9.64. The average Bonchev–Trinajstić information content (AvgIpc) is 3.37. The van der Waals surface area contributed by atoms with Crippen LogP contribution in [0.15, 0.2) is 48.5 Å². The molecule has 2 atom stereocenters. The van der Waals surface area contributed by atoms with E-state index < -0.39 is 40.4 Å². The van der Waals surface area contributed by atoms with Crippen LogP contribution < -0.4 is 0 Å². The number of rotatable bonds is 9. The van der Waals surface area contributed by atoms with Gasteiger partial charge in [0.1, 0.15) is 0 Å². The van der Waals surface area contributed by atoms with Crippen molar-refractivity contribution in [2.75, 3.05) is 7.05 Å². The monoisotopic (exact) mass is 510 g/mol. The SMILES string of the molecule is CCC(CCC(C#N)(c1c(C(F)(F)F)cccc1C(F)(F)F)C1CCCC1)N(C)Cc1ccccc1. The van der Waals surface area contributed by atoms with E-state index in [1.54, 1.807) is 0 Å². The van der Waals surface area contributed by atoms with Gasteiger partial charge in [0, 0.05) is 12.6 Å². The summed E-state index contributed by atoms with van der Waals surface area (Å²) in [5.41, 5.74) is -4.41. The molecule has 0 aliphatic heterocycles. The number of nitrogens with zero attached hydrogens (tertiary/aromatic N) is 2. The molecule has 0 N–H and O–H groups in total. The van der Waals surface area contributed by atoms with Crippen LogP contribution in [0.5, 0.6) is 0 Å². The third kappa shape index (κ3) is 6.05. The minimum absolute atomic E-state index is 0.0675. The second kappa shape index (κ2) is 11.2. The van der Waals surface area contributed by atoms with E-state index in [0.717, 1.165) is 11.6 Å². The summed E-state index contributed by atoms with van der Waals surface area (Å²) in [6, 6.07) is 13.8. The molecule has 196 valence electrons. The topological polar surface area (TPSA) is 27.0 Å². The molecule has 0 radical (unpaired) electrons. The summed E-state index contributed by atoms with van der Waals surface area (Å²) in [4.78, 5) is 2.06. The maximum atomic E-state index is 14.1. The van der Waals surface area contributed by atoms with Gasteiger partial charge in [0.2, 0.25) is 0 Å². The molecule has 2 unspecified atom stereocenters. The average molecular weight is 511 g/mol. The zero-order chi connectivity index (χ0) is 26.6. The van der Waals surface area contributed by atoms with Crippen molar-refractivity contribution < 1.29 is 26.3 Å². The first-order valence-electron chi connectivity index (χ1n) is 12.4. The number of alkyl halides is 6. The lowest BCUT2D eigenvalue weighted by molar-refractivity contribution is -0.145. The van der Waals surface area contributed by atoms with Gasteiger partial charge in [-0.05, 0) is 68.3 Å². The summed E-state index contributed by atoms with van der Waals surface area (Å²) in [7, 11) is 1.90. The first kappa shape index (κ1) is 28.0. The van der Waals surface area contributed by atoms with Crippen LogP contribution in [-0.2, 0) is 24.3 Å². The van der Waals surface area contributed by atoms with Gasteiger partial charge < -0.3 is 0 Å². The maximum absolute atomic E-state index is 14.1. The molecule has 2 aromatic rings. The highest BCUT2D eigenvalue weighted by molar-refractivity contribution is 5.49. The third-order valence-corrected chi connectivity index (χ3v) is 7.61. The molecule has 1 aliphatic carbocycles. The predicted octanol–water partition coefficient (Wildman–Crippen LogP) is 8.37. The van der Waals surface area contributed by atoms with Crippen molar-refractivity contribution in [3.63, 3.8) is 0 Å². The van der Waals surface area contributed by atoms with Crippen LogP contribution in [0, 0.1) is 17.2 Å². The van der Waals surface area contributed by atoms with E-state index in [-0.39, 0.29) is 12.5 Å². The number of halogens is 6. The highest BCUT2D eigenvalue weighted by atomic mass is 19.4. The Morgan fingerprint density at radius 1 is 0.917 bits per heavy atom. The van der Waals surface area contributed by atoms with Crippen molar-refractivity contribution in [1.82, 2.24) is 4.90 Å². The minimum Gasteiger partial charge on any atom is -0.299 e. The molecule has 0 bridgehead atoms. The number of hydrogen-bond acceptors (Lipinski definition) is 2. The molecule has 0 aromatic heterocycles. The van der Waals surface area contributed by atoms with E-state index >= 15 is 0 Å². The first-order valence-corrected chi connectivity index (χ1v) is 12.4. The van der Waals surface area contributed by atoms with Crippen molar-refractivity contribution in [1.29, 1.82) is 5.26 Å². The van der Waals surface area contributed by atoms with Gasteiger partial charge in [-0.15, -0.1) is 0 Å². The van der Waals surface area contributed by atoms with E-state index in [0.29, 0.717) is 57.2 Å². The second-order valence-electron chi connectivity index (χ2n) is 9.79. The lowest BCUT2D eigenvalue weighted by Crippen LogP contribution is -2.40. The van der Waals surface area contributed by atoms with Crippen molar-refractivity contribution in [3.8, 4) is 6.07 Å². The first-order chi connectivity index (χ1) is 16.9. The van der Waals surface area contributed by atoms with Crippen LogP contribution in [0.1, 0.15) is 74.1 Å². The Kier molecular flexibility index (Phi) is 8.76. The summed E-state index contributed by atoms with van der Waals surface area (Å²) >= 11 is 0. The van der Waals surface area contributed by atoms with E-state index in [1.165, 1.54) is 0 Å². The number of nitriles is 1. The summed E-state index contributed by atoms with van der Waals surface area (Å²) in [6.07, 6.45) is -6.86. The smallest absolute Gasteiger partial charge is 0.299 e. The van der Waals surface area contributed by atoms with Crippen LogP contribution in [0.3, 0.4) is 0 Å². The zero-order valence-electron chi connectivity index (χ0n) is 20.6. The molecule has 3 rings (SSSR count). The Morgan fingerprint density at radius 3 is 1.94 bits per heavy atom. The van der Waals surface area contributed by atoms with Crippen molar-refractivity contribution >= 4 is 0 Å². The molecule has 2 aromatic carbocycles. The van der Waals surface area contributed by atoms with Gasteiger partial charge in [0.25, 0.3) is 0 Å². The highest BCUT2D eigenvalue weighted by Crippen LogP contribution is 2.52. The number of hydrogen-bond donors (Lipinski definition) is 0. The molecule has 0 saturated heterocycles. The fraction of sp³-hybridized carbons (Fsp3) is 0.536. The van der Waals surface area contributed by atoms with Gasteiger partial charge in [0.05, 0.1) is 22.6 Å². The standard InChI is InChI=1S/C28H32F6N2/c1-3-22(36(2)18-20-10-5-4-6-11-20)16-17-26(19-35,21-12-7-8-13-21)25-23(27(29,30)31)14-9-15-24(25)28(32,33)34/h4-6,9-11,14-15,21-22H,3,7-8,12-13,16-18H2,1-2H3. The molecule has 8 heteroatoms. The quantitative estimate of drug-likeness (QED) is 0.317. The Balaban J connectivity index is 2.07. The zero-order valence-corrected chi connectivity index (χ0v) is 20.6. The van der Waals surface area contributed by atoms with Gasteiger partial charge in [0.15, 0.2) is 0 Å². The highest BCUT2D eigenvalue weighted by Gasteiger charge is 2.52. The summed E-state index contributed by atoms with van der Waals surface area (Å²) < 4.78 is 84.7. The van der Waals surface area contributed by atoms with Crippen LogP contribution in [-0.4, -0.2) is 18.0 Å². The van der Waals surface area contributed by atoms with Crippen LogP contribution in [0.2, 0.25) is 0 Å². The van der Waals surface area contributed by atoms with Crippen molar-refractivity contribution in [2.24, 2.45) is 5.92 Å². The molecule has 1 aliphatic rings. The van der Waals surface area contributed by atoms with Crippen LogP contribution in [0.25, 0.3) is 0 Å². The number of benzene rings is 2. The van der Waals surface area contributed by atoms with Gasteiger partial charge in [-0.25, -0.2) is 0 Å². The fourth-order valence-electron chi connectivity index (χ4n) is 5.79. The van der Waals surface area contributed by atoms with Gasteiger partial charge >= 0.3 is 12.4 Å². The summed E-state index contributed by atoms with van der Waals surface area (Å²) in [6.45, 7) is 2.54. The molecule has 2 nitrogen and oxygen atoms in total. The molecular weight excluding hydrogens is 478 g/mol. The molecule has 36 heavy (non-hydrogen) atoms. The van der Waals surface area contributed by atoms with E-state index in [1.807, 2.05) is 50.4 Å². The Labute approximate surface area is 208 Å². The van der Waals surface area contributed by atoms with Crippen molar-refractivity contribution in [2.45, 2.75) is 82.2 Å². The van der Waals surface area contributed by atoms with Gasteiger partial charge in [-0.3, -0.25) is 4.90 Å². The molecular formula is C28H32F6N2. The Bertz CT molecular complexity index is 1000. The summed E-state index contributed by atoms with van der Waals surface area (Å²) in [5.74, 6) is -0.566. The Morgan fingerprint density at radius 2 is 1.47 bits per heavy atom. The van der Waals surface area contributed by atoms with Gasteiger partial charge in [-0.1, -0.05) is 56.2 Å². The fourth-order valence-corrected chi connectivity index (χ4v) is 5.79. The van der Waals surface area contributed by atoms with E-state index in [2.05, 4.69) is 4.90 Å². The second-order valence-corrected chi connectivity index (χ2v) is 9.79. The van der Waals surface area contributed by atoms with E-state index in [4.69, 9.17) is 0 Å². The van der Waals surface area contributed by atoms with Gasteiger partial charge in [-0.2, -0.15) is 31.6 Å². The van der Waals surface area contributed by atoms with Crippen LogP contribution in [0.4, 0.5) is 26.3 Å². The largest absolute Gasteiger partial charge is 0.416 e. The summed E-state index contributed by atoms with van der Waals surface area (Å²) in [5, 5.41) is 10.4. The maximum Gasteiger partial charge on any atom is 0.416 e. The molecule has 1 saturated carbocycles. The van der Waals surface area contributed by atoms with E-state index in [9.17, 15) is 31.6 Å². The Hall–Kier alpha value is -2.53.